The molecule has 0 spiro atoms. The molecule has 24 aromatic rings. The average molecular weight is 1850 g/mol. The quantitative estimate of drug-likeness (QED) is 0.137. The van der Waals surface area contributed by atoms with Crippen LogP contribution in [0.3, 0.4) is 0 Å². The van der Waals surface area contributed by atoms with Gasteiger partial charge < -0.3 is 13.7 Å². The minimum absolute atomic E-state index is 0.271. The number of benzene rings is 21. The van der Waals surface area contributed by atoms with Gasteiger partial charge in [0.25, 0.3) is 0 Å². The Hall–Kier alpha value is -17.0. The molecule has 144 heavy (non-hydrogen) atoms. The molecule has 0 radical (unpaired) electrons. The van der Waals surface area contributed by atoms with Crippen molar-refractivity contribution in [1.82, 2.24) is 13.7 Å². The molecule has 3 heterocycles. The summed E-state index contributed by atoms with van der Waals surface area (Å²) in [5.41, 5.74) is 50.8. The van der Waals surface area contributed by atoms with Gasteiger partial charge in [-0.2, -0.15) is 0 Å². The fraction of sp³-hybridized carbons (Fsp3) is 0.106. The maximum atomic E-state index is 2.38. The topological polar surface area (TPSA) is 14.8 Å². The number of nitrogens with zero attached hydrogens (tertiary/aromatic N) is 3. The largest absolute Gasteiger partial charge is 0.309 e. The Balaban J connectivity index is 0.0000000990. The van der Waals surface area contributed by atoms with Crippen LogP contribution in [0.1, 0.15) is 134 Å². The van der Waals surface area contributed by atoms with Crippen molar-refractivity contribution < 1.29 is 0 Å². The predicted molar refractivity (Wildman–Crippen MR) is 610 cm³/mol. The number of fused-ring (bicyclic) bond motifs is 18. The molecule has 0 N–H and O–H groups in total. The van der Waals surface area contributed by atoms with Gasteiger partial charge in [-0.3, -0.25) is 0 Å². The molecule has 27 rings (SSSR count). The molecule has 0 fully saturated rings. The monoisotopic (exact) mass is 1850 g/mol. The fourth-order valence-corrected chi connectivity index (χ4v) is 24.0. The van der Waals surface area contributed by atoms with Gasteiger partial charge >= 0.3 is 0 Å². The van der Waals surface area contributed by atoms with Crippen LogP contribution in [-0.2, 0) is 16.2 Å². The average Bonchev–Trinajstić information content (AvgIpc) is 1.52. The van der Waals surface area contributed by atoms with Crippen LogP contribution in [0, 0.1) is 83.1 Å². The van der Waals surface area contributed by atoms with Crippen molar-refractivity contribution in [2.45, 2.75) is 99.3 Å². The van der Waals surface area contributed by atoms with Gasteiger partial charge in [0, 0.05) is 49.4 Å². The molecule has 0 bridgehead atoms. The molecule has 3 aliphatic rings. The summed E-state index contributed by atoms with van der Waals surface area (Å²) >= 11 is 0. The molecular weight excluding hydrogens is 1740 g/mol. The van der Waals surface area contributed by atoms with E-state index in [9.17, 15) is 0 Å². The highest BCUT2D eigenvalue weighted by Crippen LogP contribution is 2.61. The standard InChI is InChI=1S/3C27H22.3C20H17N/c1-19-14-16-21(17-15-19)27(22-9-7-8-20(2)18-22)25-12-5-3-10-23(25)24-11-4-6-13-26(24)27;1-19-16-17-23-25(18-19)27(21-11-5-3-6-12-21,22-13-7-4-8-14-22)24-15-9-10-20(2)26(23)24;1-19-17-18-20(2)26-25(19)23-15-9-10-16-24(23)27(26,21-11-5-3-6-12-21)22-13-7-4-8-14-22;1-14-8-7-13-18-19(14)17-12-6-9-15(2)20(17)21(18)16-10-4-3-5-11-16;1-14-8-10-19-17(12-14)18-13-15(2)9-11-20(18)21(19)16-6-4-3-5-7-16;1-14-8-10-17-18-11-9-15(2)13-20(18)21(19(17)12-14)16-6-4-3-5-7-16/h3*3-18H,1-2H3;3*3-13H,1-2H3. The van der Waals surface area contributed by atoms with Gasteiger partial charge in [0.15, 0.2) is 0 Å². The lowest BCUT2D eigenvalue weighted by Gasteiger charge is -2.35. The van der Waals surface area contributed by atoms with E-state index in [0.717, 1.165) is 0 Å². The molecule has 3 heteroatoms. The SMILES string of the molecule is Cc1ccc(C)c2c1-c1ccccc1C2(c1ccccc1)c1ccccc1.Cc1ccc(C2(c3cccc(C)c3)c3ccccc3-c3ccccc32)cc1.Cc1ccc2c(c1)C(c1ccccc1)(c1ccccc1)c1cccc(C)c1-2.Cc1ccc2c(c1)c1cc(C)ccc1n2-c1ccccc1.Cc1ccc2c3ccc(C)cc3n(-c3ccccc3)c2c1.Cc1cccc2c1c1cccc(C)c1n2-c1ccccc1. The maximum Gasteiger partial charge on any atom is 0.0716 e. The van der Waals surface area contributed by atoms with E-state index in [2.05, 4.69) is 588 Å². The molecular formula is C141H117N3. The summed E-state index contributed by atoms with van der Waals surface area (Å²) in [5, 5.41) is 8.00. The molecule has 696 valence electrons. The number of hydrogen-bond acceptors (Lipinski definition) is 0. The third-order valence-corrected chi connectivity index (χ3v) is 30.3. The van der Waals surface area contributed by atoms with E-state index in [1.165, 1.54) is 249 Å². The summed E-state index contributed by atoms with van der Waals surface area (Å²) in [6.07, 6.45) is 0. The van der Waals surface area contributed by atoms with Crippen molar-refractivity contribution in [2.24, 2.45) is 0 Å². The number of para-hydroxylation sites is 4. The minimum Gasteiger partial charge on any atom is -0.309 e. The summed E-state index contributed by atoms with van der Waals surface area (Å²) < 4.78 is 7.10. The van der Waals surface area contributed by atoms with Gasteiger partial charge in [0.2, 0.25) is 0 Å². The Kier molecular flexibility index (Phi) is 24.7. The van der Waals surface area contributed by atoms with Crippen molar-refractivity contribution in [3.8, 4) is 50.4 Å². The zero-order chi connectivity index (χ0) is 98.5. The Morgan fingerprint density at radius 1 is 0.160 bits per heavy atom. The third-order valence-electron chi connectivity index (χ3n) is 30.3. The van der Waals surface area contributed by atoms with Gasteiger partial charge in [0.05, 0.1) is 49.3 Å². The van der Waals surface area contributed by atoms with Crippen LogP contribution in [0.4, 0.5) is 0 Å². The molecule has 0 unspecified atom stereocenters. The number of rotatable bonds is 9. The number of aromatic nitrogens is 3. The first kappa shape index (κ1) is 92.1. The maximum absolute atomic E-state index is 2.38. The Morgan fingerprint density at radius 2 is 0.507 bits per heavy atom. The fourth-order valence-electron chi connectivity index (χ4n) is 24.0. The van der Waals surface area contributed by atoms with E-state index < -0.39 is 0 Å². The molecule has 0 atom stereocenters. The van der Waals surface area contributed by atoms with E-state index in [1.54, 1.807) is 0 Å². The van der Waals surface area contributed by atoms with Crippen molar-refractivity contribution >= 4 is 65.4 Å². The molecule has 0 amide bonds. The van der Waals surface area contributed by atoms with Gasteiger partial charge in [-0.25, -0.2) is 0 Å². The second kappa shape index (κ2) is 38.6. The zero-order valence-corrected chi connectivity index (χ0v) is 84.1. The second-order valence-electron chi connectivity index (χ2n) is 39.6. The van der Waals surface area contributed by atoms with Crippen molar-refractivity contribution in [1.29, 1.82) is 0 Å². The van der Waals surface area contributed by atoms with Gasteiger partial charge in [-0.05, 0) is 301 Å². The summed E-state index contributed by atoms with van der Waals surface area (Å²) in [6.45, 7) is 26.2. The highest BCUT2D eigenvalue weighted by Gasteiger charge is 2.50. The number of hydrogen-bond donors (Lipinski definition) is 0. The van der Waals surface area contributed by atoms with Gasteiger partial charge in [-0.15, -0.1) is 0 Å². The first-order valence-corrected chi connectivity index (χ1v) is 50.6. The van der Waals surface area contributed by atoms with E-state index in [0.29, 0.717) is 0 Å². The van der Waals surface area contributed by atoms with Crippen LogP contribution >= 0.6 is 0 Å². The molecule has 0 saturated carbocycles. The van der Waals surface area contributed by atoms with E-state index in [-0.39, 0.29) is 16.2 Å². The lowest BCUT2D eigenvalue weighted by atomic mass is 9.66. The van der Waals surface area contributed by atoms with Gasteiger partial charge in [-0.1, -0.05) is 440 Å². The third kappa shape index (κ3) is 15.9. The second-order valence-corrected chi connectivity index (χ2v) is 39.6. The van der Waals surface area contributed by atoms with E-state index >= 15 is 0 Å². The summed E-state index contributed by atoms with van der Waals surface area (Å²) in [4.78, 5) is 0. The van der Waals surface area contributed by atoms with E-state index in [4.69, 9.17) is 0 Å². The van der Waals surface area contributed by atoms with Gasteiger partial charge in [0.1, 0.15) is 0 Å². The van der Waals surface area contributed by atoms with Crippen LogP contribution in [0.2, 0.25) is 0 Å². The summed E-state index contributed by atoms with van der Waals surface area (Å²) in [7, 11) is 0. The van der Waals surface area contributed by atoms with Crippen molar-refractivity contribution in [3.63, 3.8) is 0 Å². The Morgan fingerprint density at radius 3 is 1.03 bits per heavy atom. The minimum atomic E-state index is -0.273. The Labute approximate surface area is 847 Å². The molecule has 0 saturated heterocycles. The van der Waals surface area contributed by atoms with Crippen LogP contribution in [0.15, 0.2) is 491 Å². The molecule has 3 nitrogen and oxygen atoms in total. The lowest BCUT2D eigenvalue weighted by Crippen LogP contribution is -2.29. The first-order valence-electron chi connectivity index (χ1n) is 50.6. The Bertz CT molecular complexity index is 8660. The first-order chi connectivity index (χ1) is 70.4. The van der Waals surface area contributed by atoms with Crippen LogP contribution in [0.25, 0.3) is 116 Å². The summed E-state index contributed by atoms with van der Waals surface area (Å²) in [5.74, 6) is 0. The van der Waals surface area contributed by atoms with Crippen LogP contribution in [0.5, 0.6) is 0 Å². The molecule has 3 aliphatic carbocycles. The van der Waals surface area contributed by atoms with E-state index in [1.807, 2.05) is 0 Å². The molecule has 0 aliphatic heterocycles. The van der Waals surface area contributed by atoms with Crippen molar-refractivity contribution in [2.75, 3.05) is 0 Å². The normalized spacial score (nSPS) is 12.8. The van der Waals surface area contributed by atoms with Crippen molar-refractivity contribution in [3.05, 3.63) is 625 Å². The summed E-state index contributed by atoms with van der Waals surface area (Å²) in [6, 6.07) is 179. The lowest BCUT2D eigenvalue weighted by molar-refractivity contribution is 0.761. The number of aryl methyl sites for hydroxylation is 12. The molecule has 21 aromatic carbocycles. The van der Waals surface area contributed by atoms with Crippen LogP contribution in [-0.4, -0.2) is 13.7 Å². The zero-order valence-electron chi connectivity index (χ0n) is 84.1. The highest BCUT2D eigenvalue weighted by atomic mass is 15.0. The smallest absolute Gasteiger partial charge is 0.0716 e. The molecule has 3 aromatic heterocycles. The highest BCUT2D eigenvalue weighted by molar-refractivity contribution is 6.13. The van der Waals surface area contributed by atoms with Crippen LogP contribution < -0.4 is 0 Å². The predicted octanol–water partition coefficient (Wildman–Crippen LogP) is 36.2.